The third-order valence-corrected chi connectivity index (χ3v) is 5.37. The molecular weight excluding hydrogens is 392 g/mol. The van der Waals surface area contributed by atoms with E-state index in [1.165, 1.54) is 10.4 Å². The largest absolute Gasteiger partial charge is 0.297 e. The zero-order chi connectivity index (χ0) is 15.8. The average molecular weight is 404 g/mol. The number of imidazole rings is 1. The molecule has 0 N–H and O–H groups in total. The lowest BCUT2D eigenvalue weighted by Crippen LogP contribution is -1.84. The van der Waals surface area contributed by atoms with E-state index in [1.807, 2.05) is 30.3 Å². The van der Waals surface area contributed by atoms with Crippen molar-refractivity contribution < 1.29 is 0 Å². The predicted molar refractivity (Wildman–Crippen MR) is 100 cm³/mol. The van der Waals surface area contributed by atoms with Crippen molar-refractivity contribution in [2.75, 3.05) is 0 Å². The van der Waals surface area contributed by atoms with Gasteiger partial charge in [0.1, 0.15) is 0 Å². The second kappa shape index (κ2) is 6.11. The molecule has 2 aromatic carbocycles. The first kappa shape index (κ1) is 14.9. The summed E-state index contributed by atoms with van der Waals surface area (Å²) in [5, 5.41) is 0.779. The lowest BCUT2D eigenvalue weighted by Gasteiger charge is -1.98. The molecule has 0 atom stereocenters. The van der Waals surface area contributed by atoms with E-state index in [4.69, 9.17) is 16.6 Å². The van der Waals surface area contributed by atoms with Gasteiger partial charge in [0.15, 0.2) is 4.96 Å². The Labute approximate surface area is 151 Å². The molecule has 2 nitrogen and oxygen atoms in total. The van der Waals surface area contributed by atoms with Crippen LogP contribution in [0.3, 0.4) is 0 Å². The molecule has 2 aromatic heterocycles. The van der Waals surface area contributed by atoms with Crippen molar-refractivity contribution in [2.24, 2.45) is 0 Å². The summed E-state index contributed by atoms with van der Waals surface area (Å²) < 4.78 is 3.17. The standard InChI is InChI=1S/C18H12BrClN2S/c19-14-6-4-13(5-7-14)17-11-22-10-16(23-18(22)21-17)9-12-2-1-3-15(20)8-12/h1-8,10-11H,9H2. The molecule has 2 heterocycles. The van der Waals surface area contributed by atoms with Gasteiger partial charge in [-0.15, -0.1) is 11.3 Å². The molecule has 0 amide bonds. The molecule has 0 spiro atoms. The van der Waals surface area contributed by atoms with Crippen LogP contribution in [-0.4, -0.2) is 9.38 Å². The lowest BCUT2D eigenvalue weighted by molar-refractivity contribution is 1.16. The summed E-state index contributed by atoms with van der Waals surface area (Å²) in [6.45, 7) is 0. The number of benzene rings is 2. The van der Waals surface area contributed by atoms with E-state index in [2.05, 4.69) is 50.9 Å². The third kappa shape index (κ3) is 3.20. The number of hydrogen-bond acceptors (Lipinski definition) is 2. The lowest BCUT2D eigenvalue weighted by atomic mass is 10.1. The Hall–Kier alpha value is -1.62. The van der Waals surface area contributed by atoms with Crippen LogP contribution in [0, 0.1) is 0 Å². The normalized spacial score (nSPS) is 11.2. The van der Waals surface area contributed by atoms with Gasteiger partial charge in [-0.2, -0.15) is 0 Å². The number of hydrogen-bond donors (Lipinski definition) is 0. The van der Waals surface area contributed by atoms with Gasteiger partial charge in [-0.1, -0.05) is 51.8 Å². The zero-order valence-corrected chi connectivity index (χ0v) is 15.2. The van der Waals surface area contributed by atoms with Crippen molar-refractivity contribution in [1.29, 1.82) is 0 Å². The van der Waals surface area contributed by atoms with Crippen LogP contribution in [-0.2, 0) is 6.42 Å². The SMILES string of the molecule is Clc1cccc(Cc2cn3cc(-c4ccc(Br)cc4)nc3s2)c1. The smallest absolute Gasteiger partial charge is 0.194 e. The quantitative estimate of drug-likeness (QED) is 0.406. The van der Waals surface area contributed by atoms with Crippen molar-refractivity contribution in [2.45, 2.75) is 6.42 Å². The van der Waals surface area contributed by atoms with Gasteiger partial charge < -0.3 is 0 Å². The first-order chi connectivity index (χ1) is 11.2. The van der Waals surface area contributed by atoms with Gasteiger partial charge in [0, 0.05) is 38.8 Å². The summed E-state index contributed by atoms with van der Waals surface area (Å²) in [6.07, 6.45) is 5.11. The monoisotopic (exact) mass is 402 g/mol. The van der Waals surface area contributed by atoms with Gasteiger partial charge in [0.05, 0.1) is 5.69 Å². The Kier molecular flexibility index (Phi) is 3.97. The molecule has 5 heteroatoms. The molecule has 0 radical (unpaired) electrons. The molecule has 0 saturated heterocycles. The summed E-state index contributed by atoms with van der Waals surface area (Å²) in [5.74, 6) is 0. The van der Waals surface area contributed by atoms with Gasteiger partial charge in [0.2, 0.25) is 0 Å². The summed E-state index contributed by atoms with van der Waals surface area (Å²) in [5.41, 5.74) is 3.34. The minimum absolute atomic E-state index is 0.779. The maximum absolute atomic E-state index is 6.05. The van der Waals surface area contributed by atoms with Crippen molar-refractivity contribution >= 4 is 43.8 Å². The molecule has 0 saturated carbocycles. The fourth-order valence-electron chi connectivity index (χ4n) is 2.53. The van der Waals surface area contributed by atoms with Gasteiger partial charge in [-0.25, -0.2) is 4.98 Å². The molecule has 0 aliphatic heterocycles. The highest BCUT2D eigenvalue weighted by atomic mass is 79.9. The number of rotatable bonds is 3. The van der Waals surface area contributed by atoms with Crippen LogP contribution in [0.15, 0.2) is 65.4 Å². The predicted octanol–water partition coefficient (Wildman–Crippen LogP) is 6.07. The number of thiazole rings is 1. The fraction of sp³-hybridized carbons (Fsp3) is 0.0556. The van der Waals surface area contributed by atoms with Crippen LogP contribution in [0.4, 0.5) is 0 Å². The van der Waals surface area contributed by atoms with Crippen LogP contribution >= 0.6 is 38.9 Å². The van der Waals surface area contributed by atoms with Crippen LogP contribution < -0.4 is 0 Å². The number of nitrogens with zero attached hydrogens (tertiary/aromatic N) is 2. The van der Waals surface area contributed by atoms with Crippen LogP contribution in [0.1, 0.15) is 10.4 Å². The highest BCUT2D eigenvalue weighted by Gasteiger charge is 2.09. The van der Waals surface area contributed by atoms with Crippen molar-refractivity contribution in [3.05, 3.63) is 80.9 Å². The van der Waals surface area contributed by atoms with Crippen molar-refractivity contribution in [3.8, 4) is 11.3 Å². The first-order valence-electron chi connectivity index (χ1n) is 7.15. The van der Waals surface area contributed by atoms with E-state index in [-0.39, 0.29) is 0 Å². The Morgan fingerprint density at radius 1 is 1.09 bits per heavy atom. The van der Waals surface area contributed by atoms with Crippen molar-refractivity contribution in [1.82, 2.24) is 9.38 Å². The molecule has 0 bridgehead atoms. The second-order valence-electron chi connectivity index (χ2n) is 5.33. The third-order valence-electron chi connectivity index (χ3n) is 3.61. The number of aromatic nitrogens is 2. The maximum Gasteiger partial charge on any atom is 0.194 e. The highest BCUT2D eigenvalue weighted by Crippen LogP contribution is 2.26. The van der Waals surface area contributed by atoms with E-state index in [0.29, 0.717) is 0 Å². The molecular formula is C18H12BrClN2S. The van der Waals surface area contributed by atoms with Gasteiger partial charge >= 0.3 is 0 Å². The van der Waals surface area contributed by atoms with Crippen molar-refractivity contribution in [3.63, 3.8) is 0 Å². The van der Waals surface area contributed by atoms with Gasteiger partial charge in [0.25, 0.3) is 0 Å². The van der Waals surface area contributed by atoms with Crippen LogP contribution in [0.25, 0.3) is 16.2 Å². The summed E-state index contributed by atoms with van der Waals surface area (Å²) in [6, 6.07) is 16.2. The topological polar surface area (TPSA) is 17.3 Å². The van der Waals surface area contributed by atoms with Gasteiger partial charge in [-0.3, -0.25) is 4.40 Å². The Bertz CT molecular complexity index is 941. The second-order valence-corrected chi connectivity index (χ2v) is 7.77. The van der Waals surface area contributed by atoms with E-state index in [0.717, 1.165) is 32.1 Å². The molecule has 0 fully saturated rings. The summed E-state index contributed by atoms with van der Waals surface area (Å²) >= 11 is 11.2. The minimum atomic E-state index is 0.779. The average Bonchev–Trinajstić information content (AvgIpc) is 3.06. The van der Waals surface area contributed by atoms with Gasteiger partial charge in [-0.05, 0) is 29.8 Å². The molecule has 114 valence electrons. The highest BCUT2D eigenvalue weighted by molar-refractivity contribution is 9.10. The molecule has 0 aliphatic rings. The summed E-state index contributed by atoms with van der Waals surface area (Å²) in [4.78, 5) is 7.02. The van der Waals surface area contributed by atoms with E-state index in [9.17, 15) is 0 Å². The summed E-state index contributed by atoms with van der Waals surface area (Å²) in [7, 11) is 0. The zero-order valence-electron chi connectivity index (χ0n) is 12.0. The molecule has 0 aliphatic carbocycles. The maximum atomic E-state index is 6.05. The van der Waals surface area contributed by atoms with E-state index in [1.54, 1.807) is 11.3 Å². The Morgan fingerprint density at radius 3 is 2.65 bits per heavy atom. The molecule has 4 rings (SSSR count). The first-order valence-corrected chi connectivity index (χ1v) is 9.14. The molecule has 23 heavy (non-hydrogen) atoms. The Balaban J connectivity index is 1.62. The Morgan fingerprint density at radius 2 is 1.91 bits per heavy atom. The molecule has 4 aromatic rings. The number of fused-ring (bicyclic) bond motifs is 1. The number of halogens is 2. The van der Waals surface area contributed by atoms with E-state index >= 15 is 0 Å². The van der Waals surface area contributed by atoms with E-state index < -0.39 is 0 Å². The van der Waals surface area contributed by atoms with Crippen LogP contribution in [0.5, 0.6) is 0 Å². The molecule has 0 unspecified atom stereocenters. The minimum Gasteiger partial charge on any atom is -0.297 e. The fourth-order valence-corrected chi connectivity index (χ4v) is 4.00. The van der Waals surface area contributed by atoms with Crippen LogP contribution in [0.2, 0.25) is 5.02 Å².